The topological polar surface area (TPSA) is 81.8 Å². The molecule has 0 radical (unpaired) electrons. The number of nitrogen functional groups attached to an aromatic ring is 1. The van der Waals surface area contributed by atoms with Crippen LogP contribution in [0.25, 0.3) is 0 Å². The van der Waals surface area contributed by atoms with Crippen LogP contribution in [0.15, 0.2) is 36.4 Å². The van der Waals surface area contributed by atoms with Gasteiger partial charge in [-0.3, -0.25) is 4.79 Å². The van der Waals surface area contributed by atoms with Crippen molar-refractivity contribution in [2.75, 3.05) is 12.8 Å². The number of hydrogen-bond acceptors (Lipinski definition) is 5. The fourth-order valence-electron chi connectivity index (χ4n) is 3.22. The number of methoxy groups -OCH3 is 1. The van der Waals surface area contributed by atoms with E-state index in [4.69, 9.17) is 15.2 Å². The highest BCUT2D eigenvalue weighted by atomic mass is 16.6. The average Bonchev–Trinajstić information content (AvgIpc) is 2.88. The largest absolute Gasteiger partial charge is 0.497 e. The summed E-state index contributed by atoms with van der Waals surface area (Å²) < 4.78 is 10.9. The Kier molecular flexibility index (Phi) is 2.19. The Balaban J connectivity index is 1.94. The second-order valence-corrected chi connectivity index (χ2v) is 5.27. The maximum Gasteiger partial charge on any atom is 0.250 e. The van der Waals surface area contributed by atoms with Crippen LogP contribution in [-0.2, 0) is 5.79 Å². The highest BCUT2D eigenvalue weighted by Gasteiger charge is 2.59. The summed E-state index contributed by atoms with van der Waals surface area (Å²) in [4.78, 5) is 12.7. The van der Waals surface area contributed by atoms with Crippen molar-refractivity contribution < 1.29 is 19.4 Å². The van der Waals surface area contributed by atoms with Crippen molar-refractivity contribution in [2.24, 2.45) is 0 Å². The Morgan fingerprint density at radius 1 is 1.33 bits per heavy atom. The molecule has 0 amide bonds. The number of carbonyl (C=O) groups excluding carboxylic acids is 1. The summed E-state index contributed by atoms with van der Waals surface area (Å²) in [6.45, 7) is 0. The SMILES string of the molecule is COc1ccc2c(c1)O[C@]1(O)c3cccc(N)c3C(=O)C21. The molecule has 2 aliphatic rings. The standard InChI is InChI=1S/C16H13NO4/c1-20-8-5-6-9-12(7-8)21-16(19)10-3-2-4-11(17)13(10)15(18)14(9)16/h2-7,14,19H,17H2,1H3/t14?,16-/m1/s1. The van der Waals surface area contributed by atoms with Crippen molar-refractivity contribution in [2.45, 2.75) is 11.7 Å². The lowest BCUT2D eigenvalue weighted by molar-refractivity contribution is -0.134. The minimum atomic E-state index is -1.68. The van der Waals surface area contributed by atoms with Gasteiger partial charge in [-0.05, 0) is 12.1 Å². The zero-order valence-corrected chi connectivity index (χ0v) is 11.3. The number of carbonyl (C=O) groups is 1. The number of rotatable bonds is 1. The van der Waals surface area contributed by atoms with Crippen molar-refractivity contribution in [3.63, 3.8) is 0 Å². The molecule has 0 spiro atoms. The van der Waals surface area contributed by atoms with E-state index in [-0.39, 0.29) is 5.78 Å². The third kappa shape index (κ3) is 1.36. The van der Waals surface area contributed by atoms with Crippen LogP contribution in [0.4, 0.5) is 5.69 Å². The van der Waals surface area contributed by atoms with Crippen LogP contribution in [0.1, 0.15) is 27.4 Å². The lowest BCUT2D eigenvalue weighted by Gasteiger charge is -2.22. The molecule has 1 heterocycles. The Hall–Kier alpha value is -2.53. The molecule has 2 aromatic rings. The van der Waals surface area contributed by atoms with E-state index >= 15 is 0 Å². The fourth-order valence-corrected chi connectivity index (χ4v) is 3.22. The molecule has 0 saturated carbocycles. The van der Waals surface area contributed by atoms with E-state index in [2.05, 4.69) is 0 Å². The molecule has 1 unspecified atom stereocenters. The number of Topliss-reactive ketones (excluding diaryl/α,β-unsaturated/α-hetero) is 1. The summed E-state index contributed by atoms with van der Waals surface area (Å²) in [5.74, 6) is -1.61. The van der Waals surface area contributed by atoms with Crippen LogP contribution in [0.3, 0.4) is 0 Å². The Bertz CT molecular complexity index is 786. The predicted molar refractivity (Wildman–Crippen MR) is 75.4 cm³/mol. The average molecular weight is 283 g/mol. The fraction of sp³-hybridized carbons (Fsp3) is 0.188. The first-order valence-electron chi connectivity index (χ1n) is 6.59. The smallest absolute Gasteiger partial charge is 0.250 e. The van der Waals surface area contributed by atoms with E-state index in [1.54, 1.807) is 43.5 Å². The van der Waals surface area contributed by atoms with E-state index in [1.165, 1.54) is 0 Å². The molecule has 0 saturated heterocycles. The van der Waals surface area contributed by atoms with Gasteiger partial charge in [-0.15, -0.1) is 0 Å². The monoisotopic (exact) mass is 283 g/mol. The summed E-state index contributed by atoms with van der Waals surface area (Å²) in [5.41, 5.74) is 7.67. The lowest BCUT2D eigenvalue weighted by Crippen LogP contribution is -2.32. The van der Waals surface area contributed by atoms with E-state index < -0.39 is 11.7 Å². The highest BCUT2D eigenvalue weighted by Crippen LogP contribution is 2.56. The van der Waals surface area contributed by atoms with Gasteiger partial charge in [-0.2, -0.15) is 0 Å². The van der Waals surface area contributed by atoms with Crippen molar-refractivity contribution in [3.8, 4) is 11.5 Å². The summed E-state index contributed by atoms with van der Waals surface area (Å²) in [5, 5.41) is 10.9. The third-order valence-corrected chi connectivity index (χ3v) is 4.18. The summed E-state index contributed by atoms with van der Waals surface area (Å²) in [6.07, 6.45) is 0. The number of ether oxygens (including phenoxy) is 2. The molecule has 0 bridgehead atoms. The van der Waals surface area contributed by atoms with Crippen molar-refractivity contribution in [3.05, 3.63) is 53.1 Å². The van der Waals surface area contributed by atoms with Crippen LogP contribution in [0, 0.1) is 0 Å². The molecular weight excluding hydrogens is 270 g/mol. The van der Waals surface area contributed by atoms with Gasteiger partial charge in [0.25, 0.3) is 0 Å². The van der Waals surface area contributed by atoms with Gasteiger partial charge in [-0.25, -0.2) is 0 Å². The van der Waals surface area contributed by atoms with Crippen LogP contribution in [0.5, 0.6) is 11.5 Å². The normalized spacial score (nSPS) is 25.0. The first kappa shape index (κ1) is 12.2. The van der Waals surface area contributed by atoms with Gasteiger partial charge in [-0.1, -0.05) is 18.2 Å². The molecule has 2 atom stereocenters. The van der Waals surface area contributed by atoms with Crippen molar-refractivity contribution in [1.82, 2.24) is 0 Å². The Morgan fingerprint density at radius 2 is 2.14 bits per heavy atom. The van der Waals surface area contributed by atoms with Crippen LogP contribution >= 0.6 is 0 Å². The molecule has 0 fully saturated rings. The second-order valence-electron chi connectivity index (χ2n) is 5.27. The zero-order chi connectivity index (χ0) is 14.8. The maximum absolute atomic E-state index is 12.7. The van der Waals surface area contributed by atoms with Gasteiger partial charge in [0, 0.05) is 22.9 Å². The van der Waals surface area contributed by atoms with Gasteiger partial charge in [0.05, 0.1) is 12.7 Å². The number of nitrogens with two attached hydrogens (primary N) is 1. The Morgan fingerprint density at radius 3 is 2.90 bits per heavy atom. The number of benzene rings is 2. The predicted octanol–water partition coefficient (Wildman–Crippen LogP) is 1.79. The summed E-state index contributed by atoms with van der Waals surface area (Å²) in [7, 11) is 1.55. The maximum atomic E-state index is 12.7. The first-order chi connectivity index (χ1) is 10.1. The number of ketones is 1. The molecule has 1 aliphatic carbocycles. The van der Waals surface area contributed by atoms with E-state index in [9.17, 15) is 9.90 Å². The minimum Gasteiger partial charge on any atom is -0.497 e. The van der Waals surface area contributed by atoms with E-state index in [1.807, 2.05) is 0 Å². The van der Waals surface area contributed by atoms with E-state index in [0.717, 1.165) is 0 Å². The molecule has 5 nitrogen and oxygen atoms in total. The van der Waals surface area contributed by atoms with Crippen LogP contribution in [-0.4, -0.2) is 18.0 Å². The number of fused-ring (bicyclic) bond motifs is 5. The van der Waals surface area contributed by atoms with Gasteiger partial charge in [0.2, 0.25) is 5.79 Å². The van der Waals surface area contributed by atoms with Crippen molar-refractivity contribution in [1.29, 1.82) is 0 Å². The number of anilines is 1. The van der Waals surface area contributed by atoms with Crippen LogP contribution in [0.2, 0.25) is 0 Å². The molecule has 4 rings (SSSR count). The van der Waals surface area contributed by atoms with E-state index in [0.29, 0.717) is 33.9 Å². The molecule has 106 valence electrons. The third-order valence-electron chi connectivity index (χ3n) is 4.18. The lowest BCUT2D eigenvalue weighted by atomic mass is 9.92. The minimum absolute atomic E-state index is 0.213. The summed E-state index contributed by atoms with van der Waals surface area (Å²) >= 11 is 0. The number of aliphatic hydroxyl groups is 1. The molecule has 2 aromatic carbocycles. The molecule has 3 N–H and O–H groups in total. The Labute approximate surface area is 120 Å². The quantitative estimate of drug-likeness (QED) is 0.780. The number of hydrogen-bond donors (Lipinski definition) is 2. The molecule has 1 aliphatic heterocycles. The van der Waals surface area contributed by atoms with Gasteiger partial charge >= 0.3 is 0 Å². The van der Waals surface area contributed by atoms with Gasteiger partial charge in [0.15, 0.2) is 5.78 Å². The molecular formula is C16H13NO4. The zero-order valence-electron chi connectivity index (χ0n) is 11.3. The second kappa shape index (κ2) is 3.77. The molecule has 5 heteroatoms. The highest BCUT2D eigenvalue weighted by molar-refractivity contribution is 6.11. The van der Waals surface area contributed by atoms with Gasteiger partial charge in [0.1, 0.15) is 17.4 Å². The molecule has 0 aromatic heterocycles. The first-order valence-corrected chi connectivity index (χ1v) is 6.59. The van der Waals surface area contributed by atoms with Crippen LogP contribution < -0.4 is 15.2 Å². The van der Waals surface area contributed by atoms with Crippen molar-refractivity contribution >= 4 is 11.5 Å². The summed E-state index contributed by atoms with van der Waals surface area (Å²) in [6, 6.07) is 10.2. The molecule has 21 heavy (non-hydrogen) atoms. The van der Waals surface area contributed by atoms with Gasteiger partial charge < -0.3 is 20.3 Å².